The van der Waals surface area contributed by atoms with Crippen LogP contribution in [0, 0.1) is 16.7 Å². The van der Waals surface area contributed by atoms with E-state index in [4.69, 9.17) is 0 Å². The van der Waals surface area contributed by atoms with E-state index in [2.05, 4.69) is 53.2 Å². The molecule has 1 aliphatic rings. The molecule has 0 bridgehead atoms. The number of unbranched alkanes of at least 4 members (excludes halogenated alkanes) is 1. The molecule has 2 rings (SSSR count). The molecule has 0 unspecified atom stereocenters. The molecule has 0 N–H and O–H groups in total. The fourth-order valence-electron chi connectivity index (χ4n) is 3.17. The van der Waals surface area contributed by atoms with E-state index in [1.165, 1.54) is 31.2 Å². The maximum atomic E-state index is 9.51. The van der Waals surface area contributed by atoms with Gasteiger partial charge in [-0.05, 0) is 55.7 Å². The predicted molar refractivity (Wildman–Crippen MR) is 82.9 cm³/mol. The summed E-state index contributed by atoms with van der Waals surface area (Å²) in [5.41, 5.74) is 1.41. The normalized spacial score (nSPS) is 26.9. The molecular weight excluding hydrogens is 298 g/mol. The summed E-state index contributed by atoms with van der Waals surface area (Å²) < 4.78 is 1.14. The lowest BCUT2D eigenvalue weighted by Crippen LogP contribution is -2.25. The standard InChI is InChI=1S/C17H22BrN/c1-2-3-10-17(13-19)11-8-15(9-12-17)14-4-6-16(18)7-5-14/h4-7,15H,2-3,8-12H2,1H3/t15-,17-. The van der Waals surface area contributed by atoms with E-state index in [1.54, 1.807) is 0 Å². The van der Waals surface area contributed by atoms with Crippen molar-refractivity contribution < 1.29 is 0 Å². The summed E-state index contributed by atoms with van der Waals surface area (Å²) >= 11 is 3.48. The third-order valence-electron chi connectivity index (χ3n) is 4.53. The van der Waals surface area contributed by atoms with Crippen molar-refractivity contribution in [3.8, 4) is 6.07 Å². The van der Waals surface area contributed by atoms with Crippen molar-refractivity contribution >= 4 is 15.9 Å². The van der Waals surface area contributed by atoms with Crippen LogP contribution in [0.1, 0.15) is 63.4 Å². The van der Waals surface area contributed by atoms with Gasteiger partial charge >= 0.3 is 0 Å². The van der Waals surface area contributed by atoms with E-state index in [9.17, 15) is 5.26 Å². The topological polar surface area (TPSA) is 23.8 Å². The van der Waals surface area contributed by atoms with Gasteiger partial charge in [0.2, 0.25) is 0 Å². The Hall–Kier alpha value is -0.810. The molecule has 0 heterocycles. The summed E-state index contributed by atoms with van der Waals surface area (Å²) in [6, 6.07) is 11.3. The van der Waals surface area contributed by atoms with Gasteiger partial charge in [-0.3, -0.25) is 0 Å². The summed E-state index contributed by atoms with van der Waals surface area (Å²) in [6.45, 7) is 2.21. The molecule has 1 nitrogen and oxygen atoms in total. The molecular formula is C17H22BrN. The zero-order chi connectivity index (χ0) is 13.7. The van der Waals surface area contributed by atoms with Crippen molar-refractivity contribution in [2.24, 2.45) is 5.41 Å². The van der Waals surface area contributed by atoms with Gasteiger partial charge in [0.15, 0.2) is 0 Å². The molecule has 102 valence electrons. The Morgan fingerprint density at radius 3 is 2.42 bits per heavy atom. The lowest BCUT2D eigenvalue weighted by atomic mass is 9.67. The van der Waals surface area contributed by atoms with E-state index in [0.717, 1.165) is 23.7 Å². The molecule has 0 saturated heterocycles. The summed E-state index contributed by atoms with van der Waals surface area (Å²) in [7, 11) is 0. The van der Waals surface area contributed by atoms with E-state index in [1.807, 2.05) is 0 Å². The highest BCUT2D eigenvalue weighted by Crippen LogP contribution is 2.45. The second kappa shape index (κ2) is 6.57. The van der Waals surface area contributed by atoms with Crippen LogP contribution in [0.25, 0.3) is 0 Å². The first-order chi connectivity index (χ1) is 9.19. The second-order valence-electron chi connectivity index (χ2n) is 5.82. The molecule has 2 heteroatoms. The van der Waals surface area contributed by atoms with Crippen LogP contribution in [0.15, 0.2) is 28.7 Å². The van der Waals surface area contributed by atoms with Crippen LogP contribution in [0.4, 0.5) is 0 Å². The first kappa shape index (κ1) is 14.6. The Morgan fingerprint density at radius 2 is 1.89 bits per heavy atom. The van der Waals surface area contributed by atoms with E-state index >= 15 is 0 Å². The smallest absolute Gasteiger partial charge is 0.0689 e. The minimum Gasteiger partial charge on any atom is -0.198 e. The number of benzene rings is 1. The van der Waals surface area contributed by atoms with Gasteiger partial charge in [0.05, 0.1) is 11.5 Å². The average Bonchev–Trinajstić information content (AvgIpc) is 2.47. The number of hydrogen-bond acceptors (Lipinski definition) is 1. The summed E-state index contributed by atoms with van der Waals surface area (Å²) in [4.78, 5) is 0. The third-order valence-corrected chi connectivity index (χ3v) is 5.06. The Bertz CT molecular complexity index is 435. The first-order valence-electron chi connectivity index (χ1n) is 7.36. The van der Waals surface area contributed by atoms with Crippen molar-refractivity contribution in [1.29, 1.82) is 5.26 Å². The molecule has 1 aromatic rings. The van der Waals surface area contributed by atoms with Crippen molar-refractivity contribution in [2.75, 3.05) is 0 Å². The minimum atomic E-state index is -0.0259. The van der Waals surface area contributed by atoms with Crippen LogP contribution in [0.5, 0.6) is 0 Å². The highest BCUT2D eigenvalue weighted by Gasteiger charge is 2.35. The predicted octanol–water partition coefficient (Wildman–Crippen LogP) is 5.81. The van der Waals surface area contributed by atoms with Gasteiger partial charge in [0.1, 0.15) is 0 Å². The molecule has 1 fully saturated rings. The van der Waals surface area contributed by atoms with Crippen molar-refractivity contribution in [2.45, 2.75) is 57.8 Å². The van der Waals surface area contributed by atoms with Crippen molar-refractivity contribution in [3.63, 3.8) is 0 Å². The van der Waals surface area contributed by atoms with Crippen LogP contribution in [0.2, 0.25) is 0 Å². The fourth-order valence-corrected chi connectivity index (χ4v) is 3.44. The maximum absolute atomic E-state index is 9.51. The molecule has 0 amide bonds. The van der Waals surface area contributed by atoms with E-state index in [-0.39, 0.29) is 5.41 Å². The van der Waals surface area contributed by atoms with Gasteiger partial charge < -0.3 is 0 Å². The van der Waals surface area contributed by atoms with Crippen molar-refractivity contribution in [3.05, 3.63) is 34.3 Å². The highest BCUT2D eigenvalue weighted by molar-refractivity contribution is 9.10. The van der Waals surface area contributed by atoms with E-state index in [0.29, 0.717) is 5.92 Å². The number of rotatable bonds is 4. The van der Waals surface area contributed by atoms with Gasteiger partial charge in [-0.1, -0.05) is 47.8 Å². The number of nitrogens with zero attached hydrogens (tertiary/aromatic N) is 1. The lowest BCUT2D eigenvalue weighted by Gasteiger charge is -2.35. The lowest BCUT2D eigenvalue weighted by molar-refractivity contribution is 0.224. The Morgan fingerprint density at radius 1 is 1.26 bits per heavy atom. The number of nitriles is 1. The quantitative estimate of drug-likeness (QED) is 0.687. The van der Waals surface area contributed by atoms with Crippen LogP contribution in [-0.2, 0) is 0 Å². The molecule has 0 atom stereocenters. The van der Waals surface area contributed by atoms with Crippen LogP contribution < -0.4 is 0 Å². The van der Waals surface area contributed by atoms with Gasteiger partial charge in [-0.25, -0.2) is 0 Å². The Balaban J connectivity index is 1.98. The van der Waals surface area contributed by atoms with Crippen LogP contribution in [-0.4, -0.2) is 0 Å². The SMILES string of the molecule is CCCC[C@]1(C#N)CC[C@H](c2ccc(Br)cc2)CC1. The molecule has 0 aromatic heterocycles. The maximum Gasteiger partial charge on any atom is 0.0689 e. The molecule has 1 aliphatic carbocycles. The van der Waals surface area contributed by atoms with Gasteiger partial charge in [-0.2, -0.15) is 5.26 Å². The molecule has 19 heavy (non-hydrogen) atoms. The van der Waals surface area contributed by atoms with Crippen LogP contribution in [0.3, 0.4) is 0 Å². The summed E-state index contributed by atoms with van der Waals surface area (Å²) in [5.74, 6) is 0.649. The average molecular weight is 320 g/mol. The Kier molecular flexibility index (Phi) is 5.05. The summed E-state index contributed by atoms with van der Waals surface area (Å²) in [5, 5.41) is 9.51. The van der Waals surface area contributed by atoms with Gasteiger partial charge in [0, 0.05) is 4.47 Å². The molecule has 0 spiro atoms. The molecule has 1 saturated carbocycles. The molecule has 1 aromatic carbocycles. The van der Waals surface area contributed by atoms with Gasteiger partial charge in [0.25, 0.3) is 0 Å². The second-order valence-corrected chi connectivity index (χ2v) is 6.74. The zero-order valence-electron chi connectivity index (χ0n) is 11.7. The molecule has 0 aliphatic heterocycles. The van der Waals surface area contributed by atoms with Crippen molar-refractivity contribution in [1.82, 2.24) is 0 Å². The zero-order valence-corrected chi connectivity index (χ0v) is 13.2. The summed E-state index contributed by atoms with van der Waals surface area (Å²) in [6.07, 6.45) is 7.95. The number of hydrogen-bond donors (Lipinski definition) is 0. The fraction of sp³-hybridized carbons (Fsp3) is 0.588. The van der Waals surface area contributed by atoms with Crippen LogP contribution >= 0.6 is 15.9 Å². The molecule has 0 radical (unpaired) electrons. The highest BCUT2D eigenvalue weighted by atomic mass is 79.9. The monoisotopic (exact) mass is 319 g/mol. The Labute approximate surface area is 125 Å². The minimum absolute atomic E-state index is 0.0259. The number of halogens is 1. The van der Waals surface area contributed by atoms with Gasteiger partial charge in [-0.15, -0.1) is 0 Å². The first-order valence-corrected chi connectivity index (χ1v) is 8.15. The van der Waals surface area contributed by atoms with E-state index < -0.39 is 0 Å². The third kappa shape index (κ3) is 3.60. The largest absolute Gasteiger partial charge is 0.198 e.